The van der Waals surface area contributed by atoms with E-state index in [1.807, 2.05) is 20.8 Å². The minimum absolute atomic E-state index is 0.136. The molecule has 0 aliphatic carbocycles. The Kier molecular flexibility index (Phi) is 3.52. The van der Waals surface area contributed by atoms with Crippen LogP contribution >= 0.6 is 0 Å². The van der Waals surface area contributed by atoms with Crippen LogP contribution in [0.1, 0.15) is 38.1 Å². The Morgan fingerprint density at radius 1 is 1.62 bits per heavy atom. The summed E-state index contributed by atoms with van der Waals surface area (Å²) in [5, 5.41) is 4.13. The maximum Gasteiger partial charge on any atom is 0.341 e. The second kappa shape index (κ2) is 4.51. The molecule has 0 saturated heterocycles. The van der Waals surface area contributed by atoms with Crippen molar-refractivity contribution >= 4 is 5.97 Å². The number of carbonyl (C=O) groups excluding carboxylic acids is 1. The third-order valence-corrected chi connectivity index (χ3v) is 2.13. The Morgan fingerprint density at radius 2 is 2.25 bits per heavy atom. The fourth-order valence-corrected chi connectivity index (χ4v) is 1.08. The van der Waals surface area contributed by atoms with Gasteiger partial charge in [0.15, 0.2) is 0 Å². The highest BCUT2D eigenvalue weighted by molar-refractivity contribution is 5.88. The summed E-state index contributed by atoms with van der Waals surface area (Å²) < 4.78 is 6.84. The molecular formula is C12H18N2O2. The fraction of sp³-hybridized carbons (Fsp3) is 0.500. The maximum atomic E-state index is 11.6. The number of aromatic nitrogens is 2. The first-order valence-electron chi connectivity index (χ1n) is 5.23. The molecule has 0 radical (unpaired) electrons. The van der Waals surface area contributed by atoms with Crippen LogP contribution in [-0.2, 0) is 10.3 Å². The summed E-state index contributed by atoms with van der Waals surface area (Å²) in [4.78, 5) is 11.6. The molecule has 1 atom stereocenters. The van der Waals surface area contributed by atoms with Gasteiger partial charge in [0.05, 0.1) is 17.3 Å². The first kappa shape index (κ1) is 12.5. The van der Waals surface area contributed by atoms with Crippen molar-refractivity contribution in [1.82, 2.24) is 9.78 Å². The van der Waals surface area contributed by atoms with Crippen molar-refractivity contribution < 1.29 is 9.53 Å². The lowest BCUT2D eigenvalue weighted by Crippen LogP contribution is -2.22. The van der Waals surface area contributed by atoms with Crippen LogP contribution in [0.3, 0.4) is 0 Å². The lowest BCUT2D eigenvalue weighted by Gasteiger charge is -2.18. The molecule has 4 nitrogen and oxygen atoms in total. The van der Waals surface area contributed by atoms with Gasteiger partial charge in [-0.1, -0.05) is 12.7 Å². The topological polar surface area (TPSA) is 44.1 Å². The standard InChI is InChI=1S/C12H18N2O2/c1-6-9(2)16-11(15)10-7-13-14(8-10)12(3,4)5/h6-9H,1H2,2-5H3/t9-/m1/s1. The van der Waals surface area contributed by atoms with Gasteiger partial charge in [0.1, 0.15) is 6.10 Å². The molecule has 0 amide bonds. The van der Waals surface area contributed by atoms with Crippen LogP contribution in [0.2, 0.25) is 0 Å². The SMILES string of the molecule is C=C[C@@H](C)OC(=O)c1cnn(C(C)(C)C)c1. The molecule has 1 aromatic heterocycles. The average Bonchev–Trinajstić information content (AvgIpc) is 2.65. The predicted octanol–water partition coefficient (Wildman–Crippen LogP) is 2.37. The molecule has 0 fully saturated rings. The lowest BCUT2D eigenvalue weighted by atomic mass is 10.1. The number of esters is 1. The molecule has 88 valence electrons. The molecule has 4 heteroatoms. The number of rotatable bonds is 3. The Balaban J connectivity index is 2.78. The summed E-state index contributed by atoms with van der Waals surface area (Å²) in [6.07, 6.45) is 4.50. The van der Waals surface area contributed by atoms with Gasteiger partial charge in [0.25, 0.3) is 0 Å². The molecule has 0 aliphatic heterocycles. The first-order valence-corrected chi connectivity index (χ1v) is 5.23. The van der Waals surface area contributed by atoms with Gasteiger partial charge in [0, 0.05) is 6.20 Å². The van der Waals surface area contributed by atoms with Crippen molar-refractivity contribution in [2.24, 2.45) is 0 Å². The lowest BCUT2D eigenvalue weighted by molar-refractivity contribution is 0.0425. The van der Waals surface area contributed by atoms with E-state index in [1.54, 1.807) is 23.9 Å². The largest absolute Gasteiger partial charge is 0.455 e. The zero-order valence-electron chi connectivity index (χ0n) is 10.2. The third kappa shape index (κ3) is 2.95. The van der Waals surface area contributed by atoms with E-state index in [0.29, 0.717) is 5.56 Å². The van der Waals surface area contributed by atoms with Crippen molar-refractivity contribution in [3.63, 3.8) is 0 Å². The van der Waals surface area contributed by atoms with E-state index in [9.17, 15) is 4.79 Å². The van der Waals surface area contributed by atoms with Gasteiger partial charge < -0.3 is 4.74 Å². The molecule has 0 spiro atoms. The zero-order chi connectivity index (χ0) is 12.3. The Bertz CT molecular complexity index is 388. The van der Waals surface area contributed by atoms with Crippen LogP contribution in [-0.4, -0.2) is 21.9 Å². The summed E-state index contributed by atoms with van der Waals surface area (Å²) in [6, 6.07) is 0. The van der Waals surface area contributed by atoms with Gasteiger partial charge >= 0.3 is 5.97 Å². The minimum Gasteiger partial charge on any atom is -0.455 e. The molecular weight excluding hydrogens is 204 g/mol. The minimum atomic E-state index is -0.372. The van der Waals surface area contributed by atoms with Gasteiger partial charge in [-0.3, -0.25) is 4.68 Å². The van der Waals surface area contributed by atoms with Gasteiger partial charge in [-0.15, -0.1) is 0 Å². The van der Waals surface area contributed by atoms with Crippen LogP contribution in [0.15, 0.2) is 25.0 Å². The highest BCUT2D eigenvalue weighted by Gasteiger charge is 2.18. The van der Waals surface area contributed by atoms with Crippen molar-refractivity contribution in [3.8, 4) is 0 Å². The Hall–Kier alpha value is -1.58. The smallest absolute Gasteiger partial charge is 0.341 e. The fourth-order valence-electron chi connectivity index (χ4n) is 1.08. The molecule has 1 aromatic rings. The summed E-state index contributed by atoms with van der Waals surface area (Å²) in [5.41, 5.74) is 0.325. The quantitative estimate of drug-likeness (QED) is 0.582. The monoisotopic (exact) mass is 222 g/mol. The van der Waals surface area contributed by atoms with E-state index < -0.39 is 0 Å². The first-order chi connectivity index (χ1) is 7.34. The molecule has 0 unspecified atom stereocenters. The Morgan fingerprint density at radius 3 is 2.69 bits per heavy atom. The van der Waals surface area contributed by atoms with Crippen LogP contribution in [0.25, 0.3) is 0 Å². The van der Waals surface area contributed by atoms with Crippen LogP contribution in [0, 0.1) is 0 Å². The number of hydrogen-bond donors (Lipinski definition) is 0. The molecule has 0 N–H and O–H groups in total. The number of hydrogen-bond acceptors (Lipinski definition) is 3. The van der Waals surface area contributed by atoms with E-state index in [4.69, 9.17) is 4.74 Å². The normalized spacial score (nSPS) is 13.2. The molecule has 0 saturated carbocycles. The molecule has 0 aliphatic rings. The molecule has 1 rings (SSSR count). The van der Waals surface area contributed by atoms with E-state index in [2.05, 4.69) is 11.7 Å². The van der Waals surface area contributed by atoms with Gasteiger partial charge in [0.2, 0.25) is 0 Å². The molecule has 16 heavy (non-hydrogen) atoms. The second-order valence-corrected chi connectivity index (χ2v) is 4.69. The summed E-state index contributed by atoms with van der Waals surface area (Å²) in [5.74, 6) is -0.372. The van der Waals surface area contributed by atoms with E-state index in [1.165, 1.54) is 6.20 Å². The highest BCUT2D eigenvalue weighted by atomic mass is 16.5. The van der Waals surface area contributed by atoms with Crippen molar-refractivity contribution in [2.75, 3.05) is 0 Å². The van der Waals surface area contributed by atoms with Gasteiger partial charge in [-0.05, 0) is 27.7 Å². The number of ether oxygens (including phenoxy) is 1. The zero-order valence-corrected chi connectivity index (χ0v) is 10.2. The van der Waals surface area contributed by atoms with E-state index >= 15 is 0 Å². The van der Waals surface area contributed by atoms with Crippen molar-refractivity contribution in [2.45, 2.75) is 39.3 Å². The van der Waals surface area contributed by atoms with Crippen molar-refractivity contribution in [3.05, 3.63) is 30.6 Å². The molecule has 1 heterocycles. The second-order valence-electron chi connectivity index (χ2n) is 4.69. The predicted molar refractivity (Wildman–Crippen MR) is 62.3 cm³/mol. The summed E-state index contributed by atoms with van der Waals surface area (Å²) in [7, 11) is 0. The van der Waals surface area contributed by atoms with Crippen LogP contribution in [0.4, 0.5) is 0 Å². The third-order valence-electron chi connectivity index (χ3n) is 2.13. The van der Waals surface area contributed by atoms with Crippen LogP contribution < -0.4 is 0 Å². The van der Waals surface area contributed by atoms with E-state index in [0.717, 1.165) is 0 Å². The number of carbonyl (C=O) groups is 1. The average molecular weight is 222 g/mol. The van der Waals surface area contributed by atoms with Crippen LogP contribution in [0.5, 0.6) is 0 Å². The summed E-state index contributed by atoms with van der Waals surface area (Å²) in [6.45, 7) is 11.4. The summed E-state index contributed by atoms with van der Waals surface area (Å²) >= 11 is 0. The van der Waals surface area contributed by atoms with Gasteiger partial charge in [-0.25, -0.2) is 4.79 Å². The van der Waals surface area contributed by atoms with Crippen molar-refractivity contribution in [1.29, 1.82) is 0 Å². The highest BCUT2D eigenvalue weighted by Crippen LogP contribution is 2.14. The molecule has 0 aromatic carbocycles. The van der Waals surface area contributed by atoms with Gasteiger partial charge in [-0.2, -0.15) is 5.10 Å². The number of nitrogens with zero attached hydrogens (tertiary/aromatic N) is 2. The maximum absolute atomic E-state index is 11.6. The molecule has 0 bridgehead atoms. The van der Waals surface area contributed by atoms with E-state index in [-0.39, 0.29) is 17.6 Å². The Labute approximate surface area is 95.9 Å².